The number of pyridine rings is 1. The van der Waals surface area contributed by atoms with Gasteiger partial charge in [0.2, 0.25) is 5.88 Å². The van der Waals surface area contributed by atoms with Crippen molar-refractivity contribution in [2.45, 2.75) is 0 Å². The van der Waals surface area contributed by atoms with E-state index in [2.05, 4.69) is 10.3 Å². The van der Waals surface area contributed by atoms with Gasteiger partial charge in [0.15, 0.2) is 0 Å². The fourth-order valence-electron chi connectivity index (χ4n) is 2.45. The average Bonchev–Trinajstić information content (AvgIpc) is 2.92. The van der Waals surface area contributed by atoms with Crippen molar-refractivity contribution in [1.29, 1.82) is 0 Å². The van der Waals surface area contributed by atoms with Crippen molar-refractivity contribution in [2.24, 2.45) is 7.05 Å². The molecule has 2 aromatic heterocycles. The van der Waals surface area contributed by atoms with Crippen LogP contribution in [0.25, 0.3) is 10.9 Å². The Morgan fingerprint density at radius 3 is 2.65 bits per heavy atom. The van der Waals surface area contributed by atoms with Crippen LogP contribution in [0.1, 0.15) is 10.4 Å². The van der Waals surface area contributed by atoms with Crippen molar-refractivity contribution in [3.8, 4) is 11.6 Å². The normalized spacial score (nSPS) is 10.6. The zero-order valence-corrected chi connectivity index (χ0v) is 13.2. The number of carbonyl (C=O) groups is 1. The number of aromatic nitrogens is 2. The fourth-order valence-corrected chi connectivity index (χ4v) is 2.45. The molecule has 118 valence electrons. The molecule has 0 saturated carbocycles. The molecule has 3 rings (SSSR count). The van der Waals surface area contributed by atoms with Crippen molar-refractivity contribution >= 4 is 22.5 Å². The summed E-state index contributed by atoms with van der Waals surface area (Å²) in [6, 6.07) is 9.10. The van der Waals surface area contributed by atoms with Gasteiger partial charge in [0.05, 0.1) is 31.7 Å². The summed E-state index contributed by atoms with van der Waals surface area (Å²) in [5.41, 5.74) is 2.15. The second-order valence-electron chi connectivity index (χ2n) is 5.08. The summed E-state index contributed by atoms with van der Waals surface area (Å²) in [6.45, 7) is 0. The Kier molecular flexibility index (Phi) is 3.89. The number of aryl methyl sites for hydroxylation is 1. The van der Waals surface area contributed by atoms with Crippen LogP contribution in [0.4, 0.5) is 5.69 Å². The van der Waals surface area contributed by atoms with Gasteiger partial charge in [0, 0.05) is 30.2 Å². The molecule has 0 aliphatic carbocycles. The SMILES string of the molecule is COc1ccc2c(c1)c(C(=O)Nc1ccc(OC)nc1)cn2C. The Labute approximate surface area is 133 Å². The monoisotopic (exact) mass is 311 g/mol. The molecule has 2 heterocycles. The van der Waals surface area contributed by atoms with E-state index in [-0.39, 0.29) is 5.91 Å². The molecule has 1 N–H and O–H groups in total. The van der Waals surface area contributed by atoms with Gasteiger partial charge in [-0.15, -0.1) is 0 Å². The molecule has 3 aromatic rings. The lowest BCUT2D eigenvalue weighted by Gasteiger charge is -2.05. The molecule has 0 radical (unpaired) electrons. The molecular weight excluding hydrogens is 294 g/mol. The maximum Gasteiger partial charge on any atom is 0.257 e. The molecule has 0 atom stereocenters. The highest BCUT2D eigenvalue weighted by molar-refractivity contribution is 6.13. The number of nitrogens with one attached hydrogen (secondary N) is 1. The van der Waals surface area contributed by atoms with E-state index in [0.717, 1.165) is 10.9 Å². The van der Waals surface area contributed by atoms with Crippen molar-refractivity contribution in [1.82, 2.24) is 9.55 Å². The fraction of sp³-hybridized carbons (Fsp3) is 0.176. The Balaban J connectivity index is 1.93. The smallest absolute Gasteiger partial charge is 0.257 e. The van der Waals surface area contributed by atoms with Crippen molar-refractivity contribution < 1.29 is 14.3 Å². The number of carbonyl (C=O) groups excluding carboxylic acids is 1. The van der Waals surface area contributed by atoms with E-state index in [9.17, 15) is 4.79 Å². The second kappa shape index (κ2) is 6.00. The highest BCUT2D eigenvalue weighted by atomic mass is 16.5. The molecular formula is C17H17N3O3. The molecule has 0 bridgehead atoms. The van der Waals surface area contributed by atoms with Crippen LogP contribution in [0.5, 0.6) is 11.6 Å². The van der Waals surface area contributed by atoms with E-state index in [1.807, 2.05) is 29.8 Å². The standard InChI is InChI=1S/C17H17N3O3/c1-20-10-14(13-8-12(22-2)5-6-15(13)20)17(21)19-11-4-7-16(23-3)18-9-11/h4-10H,1-3H3,(H,19,21). The lowest BCUT2D eigenvalue weighted by atomic mass is 10.1. The number of hydrogen-bond acceptors (Lipinski definition) is 4. The molecule has 6 nitrogen and oxygen atoms in total. The van der Waals surface area contributed by atoms with E-state index in [1.54, 1.807) is 38.7 Å². The van der Waals surface area contributed by atoms with E-state index in [0.29, 0.717) is 22.9 Å². The molecule has 0 aliphatic rings. The number of anilines is 1. The van der Waals surface area contributed by atoms with Gasteiger partial charge in [-0.2, -0.15) is 0 Å². The van der Waals surface area contributed by atoms with Gasteiger partial charge in [-0.05, 0) is 24.3 Å². The third kappa shape index (κ3) is 2.83. The maximum absolute atomic E-state index is 12.6. The van der Waals surface area contributed by atoms with E-state index in [1.165, 1.54) is 0 Å². The maximum atomic E-state index is 12.6. The van der Waals surface area contributed by atoms with Crippen LogP contribution in [0.2, 0.25) is 0 Å². The topological polar surface area (TPSA) is 65.4 Å². The van der Waals surface area contributed by atoms with Crippen LogP contribution in [-0.2, 0) is 7.05 Å². The highest BCUT2D eigenvalue weighted by Crippen LogP contribution is 2.26. The molecule has 1 amide bonds. The molecule has 6 heteroatoms. The van der Waals surface area contributed by atoms with Crippen molar-refractivity contribution in [3.05, 3.63) is 48.3 Å². The highest BCUT2D eigenvalue weighted by Gasteiger charge is 2.15. The van der Waals surface area contributed by atoms with Gasteiger partial charge < -0.3 is 19.4 Å². The van der Waals surface area contributed by atoms with Crippen LogP contribution < -0.4 is 14.8 Å². The molecule has 23 heavy (non-hydrogen) atoms. The van der Waals surface area contributed by atoms with Gasteiger partial charge in [-0.3, -0.25) is 4.79 Å². The molecule has 0 aliphatic heterocycles. The summed E-state index contributed by atoms with van der Waals surface area (Å²) in [4.78, 5) is 16.6. The van der Waals surface area contributed by atoms with Crippen LogP contribution in [-0.4, -0.2) is 29.7 Å². The number of methoxy groups -OCH3 is 2. The summed E-state index contributed by atoms with van der Waals surface area (Å²) in [5.74, 6) is 1.01. The predicted molar refractivity (Wildman–Crippen MR) is 88.2 cm³/mol. The van der Waals surface area contributed by atoms with Gasteiger partial charge >= 0.3 is 0 Å². The molecule has 1 aromatic carbocycles. The summed E-state index contributed by atoms with van der Waals surface area (Å²) in [7, 11) is 5.05. The predicted octanol–water partition coefficient (Wildman–Crippen LogP) is 2.84. The summed E-state index contributed by atoms with van der Waals surface area (Å²) in [5, 5.41) is 3.68. The Morgan fingerprint density at radius 2 is 2.00 bits per heavy atom. The number of benzene rings is 1. The van der Waals surface area contributed by atoms with Crippen molar-refractivity contribution in [2.75, 3.05) is 19.5 Å². The van der Waals surface area contributed by atoms with Gasteiger partial charge in [-0.25, -0.2) is 4.98 Å². The quantitative estimate of drug-likeness (QED) is 0.804. The summed E-state index contributed by atoms with van der Waals surface area (Å²) in [6.07, 6.45) is 3.36. The summed E-state index contributed by atoms with van der Waals surface area (Å²) >= 11 is 0. The van der Waals surface area contributed by atoms with Gasteiger partial charge in [0.1, 0.15) is 5.75 Å². The zero-order valence-electron chi connectivity index (χ0n) is 13.2. The Morgan fingerprint density at radius 1 is 1.17 bits per heavy atom. The Bertz CT molecular complexity index is 853. The van der Waals surface area contributed by atoms with Gasteiger partial charge in [0.25, 0.3) is 5.91 Å². The first-order chi connectivity index (χ1) is 11.1. The number of nitrogens with zero attached hydrogens (tertiary/aromatic N) is 2. The van der Waals surface area contributed by atoms with Gasteiger partial charge in [-0.1, -0.05) is 0 Å². The van der Waals surface area contributed by atoms with Crippen LogP contribution in [0, 0.1) is 0 Å². The minimum atomic E-state index is -0.198. The van der Waals surface area contributed by atoms with E-state index >= 15 is 0 Å². The van der Waals surface area contributed by atoms with Crippen LogP contribution in [0.15, 0.2) is 42.7 Å². The third-order valence-corrected chi connectivity index (χ3v) is 3.64. The van der Waals surface area contributed by atoms with Crippen LogP contribution in [0.3, 0.4) is 0 Å². The summed E-state index contributed by atoms with van der Waals surface area (Å²) < 4.78 is 12.2. The molecule has 0 spiro atoms. The lowest BCUT2D eigenvalue weighted by Crippen LogP contribution is -2.11. The lowest BCUT2D eigenvalue weighted by molar-refractivity contribution is 0.102. The number of ether oxygens (including phenoxy) is 2. The van der Waals surface area contributed by atoms with E-state index < -0.39 is 0 Å². The van der Waals surface area contributed by atoms with Crippen LogP contribution >= 0.6 is 0 Å². The number of hydrogen-bond donors (Lipinski definition) is 1. The van der Waals surface area contributed by atoms with Crippen molar-refractivity contribution in [3.63, 3.8) is 0 Å². The number of rotatable bonds is 4. The first kappa shape index (κ1) is 14.9. The first-order valence-electron chi connectivity index (χ1n) is 7.07. The molecule has 0 saturated heterocycles. The minimum Gasteiger partial charge on any atom is -0.497 e. The zero-order chi connectivity index (χ0) is 16.4. The molecule has 0 fully saturated rings. The molecule has 0 unspecified atom stereocenters. The number of amides is 1. The Hall–Kier alpha value is -3.02. The second-order valence-corrected chi connectivity index (χ2v) is 5.08. The third-order valence-electron chi connectivity index (χ3n) is 3.64. The van der Waals surface area contributed by atoms with E-state index in [4.69, 9.17) is 9.47 Å². The minimum absolute atomic E-state index is 0.198. The largest absolute Gasteiger partial charge is 0.497 e. The average molecular weight is 311 g/mol. The first-order valence-corrected chi connectivity index (χ1v) is 7.07. The number of fused-ring (bicyclic) bond motifs is 1.